The molecule has 144 valence electrons. The molecule has 3 N–H and O–H groups in total. The molecule has 1 aromatic rings. The molecule has 1 saturated carbocycles. The molecule has 1 aromatic carbocycles. The van der Waals surface area contributed by atoms with Crippen molar-refractivity contribution in [1.82, 2.24) is 10.6 Å². The Bertz CT molecular complexity index is 578. The first-order valence-electron chi connectivity index (χ1n) is 9.94. The minimum absolute atomic E-state index is 0.0340. The highest BCUT2D eigenvalue weighted by atomic mass is 16.5. The van der Waals surface area contributed by atoms with Crippen molar-refractivity contribution in [2.75, 3.05) is 39.5 Å². The Morgan fingerprint density at radius 3 is 2.58 bits per heavy atom. The van der Waals surface area contributed by atoms with Crippen molar-refractivity contribution in [1.29, 1.82) is 0 Å². The van der Waals surface area contributed by atoms with Crippen molar-refractivity contribution in [3.05, 3.63) is 35.9 Å². The van der Waals surface area contributed by atoms with Crippen LogP contribution in [0.5, 0.6) is 0 Å². The number of aliphatic imine (C=N–C) groups is 1. The number of nitrogens with zero attached hydrogens (tertiary/aromatic N) is 1. The monoisotopic (exact) mass is 359 g/mol. The highest BCUT2D eigenvalue weighted by molar-refractivity contribution is 5.79. The van der Waals surface area contributed by atoms with Crippen LogP contribution in [0.1, 0.15) is 38.2 Å². The van der Waals surface area contributed by atoms with E-state index in [0.717, 1.165) is 58.1 Å². The molecule has 2 fully saturated rings. The van der Waals surface area contributed by atoms with E-state index in [4.69, 9.17) is 9.73 Å². The fourth-order valence-electron chi connectivity index (χ4n) is 3.77. The fraction of sp³-hybridized carbons (Fsp3) is 0.667. The summed E-state index contributed by atoms with van der Waals surface area (Å²) in [7, 11) is 0. The van der Waals surface area contributed by atoms with E-state index in [9.17, 15) is 5.11 Å². The maximum Gasteiger partial charge on any atom is 0.191 e. The van der Waals surface area contributed by atoms with Crippen LogP contribution in [-0.2, 0) is 11.2 Å². The van der Waals surface area contributed by atoms with E-state index in [2.05, 4.69) is 47.9 Å². The van der Waals surface area contributed by atoms with Gasteiger partial charge in [-0.15, -0.1) is 0 Å². The molecular formula is C21H33N3O2. The van der Waals surface area contributed by atoms with Crippen LogP contribution in [0.25, 0.3) is 0 Å². The molecule has 2 aliphatic rings. The van der Waals surface area contributed by atoms with Gasteiger partial charge in [0.15, 0.2) is 5.96 Å². The predicted octanol–water partition coefficient (Wildman–Crippen LogP) is 2.35. The molecule has 0 bridgehead atoms. The molecule has 1 aliphatic carbocycles. The summed E-state index contributed by atoms with van der Waals surface area (Å²) in [5.74, 6) is 0.885. The summed E-state index contributed by atoms with van der Waals surface area (Å²) in [5, 5.41) is 16.3. The molecule has 1 aliphatic heterocycles. The van der Waals surface area contributed by atoms with E-state index >= 15 is 0 Å². The molecule has 5 nitrogen and oxygen atoms in total. The summed E-state index contributed by atoms with van der Waals surface area (Å²) in [6.07, 6.45) is 5.40. The number of hydrogen-bond acceptors (Lipinski definition) is 3. The zero-order valence-corrected chi connectivity index (χ0v) is 16.0. The van der Waals surface area contributed by atoms with E-state index in [1.165, 1.54) is 18.4 Å². The summed E-state index contributed by atoms with van der Waals surface area (Å²) in [5.41, 5.74) is 1.78. The van der Waals surface area contributed by atoms with Crippen LogP contribution in [-0.4, -0.2) is 50.5 Å². The minimum atomic E-state index is 0.0340. The van der Waals surface area contributed by atoms with Gasteiger partial charge in [-0.1, -0.05) is 30.3 Å². The van der Waals surface area contributed by atoms with Crippen LogP contribution in [0.15, 0.2) is 35.3 Å². The Morgan fingerprint density at radius 2 is 1.96 bits per heavy atom. The second-order valence-corrected chi connectivity index (χ2v) is 7.99. The fourth-order valence-corrected chi connectivity index (χ4v) is 3.77. The van der Waals surface area contributed by atoms with Crippen molar-refractivity contribution < 1.29 is 9.84 Å². The van der Waals surface area contributed by atoms with Gasteiger partial charge in [0.2, 0.25) is 0 Å². The van der Waals surface area contributed by atoms with Gasteiger partial charge in [-0.2, -0.15) is 0 Å². The molecule has 5 heteroatoms. The van der Waals surface area contributed by atoms with E-state index in [-0.39, 0.29) is 12.0 Å². The molecule has 3 rings (SSSR count). The van der Waals surface area contributed by atoms with Crippen LogP contribution < -0.4 is 10.6 Å². The molecule has 26 heavy (non-hydrogen) atoms. The van der Waals surface area contributed by atoms with E-state index < -0.39 is 0 Å². The number of ether oxygens (including phenoxy) is 1. The third-order valence-electron chi connectivity index (χ3n) is 5.75. The number of rotatable bonds is 9. The van der Waals surface area contributed by atoms with Crippen LogP contribution in [0.2, 0.25) is 0 Å². The zero-order chi connectivity index (χ0) is 18.3. The summed E-state index contributed by atoms with van der Waals surface area (Å²) >= 11 is 0. The maximum atomic E-state index is 9.39. The first kappa shape index (κ1) is 19.2. The summed E-state index contributed by atoms with van der Waals surface area (Å²) in [6.45, 7) is 6.31. The van der Waals surface area contributed by atoms with Gasteiger partial charge in [0, 0.05) is 38.3 Å². The summed E-state index contributed by atoms with van der Waals surface area (Å²) in [4.78, 5) is 4.89. The number of aliphatic hydroxyl groups excluding tert-OH is 1. The number of benzene rings is 1. The SMILES string of the molecule is CCNC(=NCC1(Cc2ccccc2)CC1)NCC1(CCO)CCOC1. The van der Waals surface area contributed by atoms with Gasteiger partial charge in [-0.25, -0.2) is 0 Å². The lowest BCUT2D eigenvalue weighted by Gasteiger charge is -2.28. The number of guanidine groups is 1. The van der Waals surface area contributed by atoms with Gasteiger partial charge in [0.05, 0.1) is 6.61 Å². The van der Waals surface area contributed by atoms with Gasteiger partial charge in [-0.3, -0.25) is 4.99 Å². The quantitative estimate of drug-likeness (QED) is 0.468. The Kier molecular flexibility index (Phi) is 6.54. The van der Waals surface area contributed by atoms with Crippen molar-refractivity contribution in [2.24, 2.45) is 15.8 Å². The van der Waals surface area contributed by atoms with Crippen molar-refractivity contribution in [3.8, 4) is 0 Å². The molecule has 1 saturated heterocycles. The van der Waals surface area contributed by atoms with Gasteiger partial charge >= 0.3 is 0 Å². The largest absolute Gasteiger partial charge is 0.396 e. The molecule has 1 heterocycles. The second-order valence-electron chi connectivity index (χ2n) is 7.99. The molecule has 1 atom stereocenters. The maximum absolute atomic E-state index is 9.39. The van der Waals surface area contributed by atoms with Gasteiger partial charge in [0.25, 0.3) is 0 Å². The van der Waals surface area contributed by atoms with E-state index in [1.54, 1.807) is 0 Å². The lowest BCUT2D eigenvalue weighted by atomic mass is 9.84. The standard InChI is InChI=1S/C21H33N3O2/c1-2-22-19(24-16-21(10-12-25)11-13-26-17-21)23-15-20(8-9-20)14-18-6-4-3-5-7-18/h3-7,25H,2,8-17H2,1H3,(H2,22,23,24). The Morgan fingerprint density at radius 1 is 1.15 bits per heavy atom. The van der Waals surface area contributed by atoms with Crippen molar-refractivity contribution >= 4 is 5.96 Å². The Labute approximate surface area is 157 Å². The second kappa shape index (κ2) is 8.87. The highest BCUT2D eigenvalue weighted by Gasteiger charge is 2.42. The Hall–Kier alpha value is -1.59. The van der Waals surface area contributed by atoms with E-state index in [1.807, 2.05) is 0 Å². The third kappa shape index (κ3) is 5.21. The number of hydrogen-bond donors (Lipinski definition) is 3. The highest BCUT2D eigenvalue weighted by Crippen LogP contribution is 2.48. The normalized spacial score (nSPS) is 24.5. The van der Waals surface area contributed by atoms with Crippen molar-refractivity contribution in [2.45, 2.75) is 39.0 Å². The van der Waals surface area contributed by atoms with Crippen molar-refractivity contribution in [3.63, 3.8) is 0 Å². The van der Waals surface area contributed by atoms with Gasteiger partial charge in [0.1, 0.15) is 0 Å². The first-order chi connectivity index (χ1) is 12.7. The molecule has 1 unspecified atom stereocenters. The van der Waals surface area contributed by atoms with Crippen LogP contribution >= 0.6 is 0 Å². The number of nitrogens with one attached hydrogen (secondary N) is 2. The van der Waals surface area contributed by atoms with Gasteiger partial charge < -0.3 is 20.5 Å². The zero-order valence-electron chi connectivity index (χ0n) is 16.0. The predicted molar refractivity (Wildman–Crippen MR) is 105 cm³/mol. The lowest BCUT2D eigenvalue weighted by Crippen LogP contribution is -2.44. The molecule has 0 amide bonds. The minimum Gasteiger partial charge on any atom is -0.396 e. The Balaban J connectivity index is 1.57. The first-order valence-corrected chi connectivity index (χ1v) is 9.94. The van der Waals surface area contributed by atoms with Crippen LogP contribution in [0.3, 0.4) is 0 Å². The molecular weight excluding hydrogens is 326 g/mol. The average Bonchev–Trinajstić information content (AvgIpc) is 3.26. The summed E-state index contributed by atoms with van der Waals surface area (Å²) < 4.78 is 5.58. The third-order valence-corrected chi connectivity index (χ3v) is 5.75. The number of aliphatic hydroxyl groups is 1. The molecule has 0 aromatic heterocycles. The molecule has 0 radical (unpaired) electrons. The van der Waals surface area contributed by atoms with Crippen LogP contribution in [0, 0.1) is 10.8 Å². The van der Waals surface area contributed by atoms with Gasteiger partial charge in [-0.05, 0) is 50.0 Å². The van der Waals surface area contributed by atoms with Crippen LogP contribution in [0.4, 0.5) is 0 Å². The van der Waals surface area contributed by atoms with E-state index in [0.29, 0.717) is 5.41 Å². The topological polar surface area (TPSA) is 65.9 Å². The summed E-state index contributed by atoms with van der Waals surface area (Å²) in [6, 6.07) is 10.7. The molecule has 0 spiro atoms. The lowest BCUT2D eigenvalue weighted by molar-refractivity contribution is 0.127. The smallest absolute Gasteiger partial charge is 0.191 e. The average molecular weight is 360 g/mol.